The average Bonchev–Trinajstić information content (AvgIpc) is 2.48. The summed E-state index contributed by atoms with van der Waals surface area (Å²) in [5, 5.41) is 8.58. The molecule has 2 heteroatoms. The molecule has 0 aromatic rings. The number of nitrogens with zero attached hydrogens (tertiary/aromatic N) is 2. The van der Waals surface area contributed by atoms with Crippen LogP contribution in [0.2, 0.25) is 0 Å². The third-order valence-electron chi connectivity index (χ3n) is 4.10. The lowest BCUT2D eigenvalue weighted by Crippen LogP contribution is -2.54. The average molecular weight is 192 g/mol. The van der Waals surface area contributed by atoms with Crippen LogP contribution in [0.25, 0.3) is 0 Å². The van der Waals surface area contributed by atoms with Crippen LogP contribution in [0, 0.1) is 28.6 Å². The molecule has 2 nitrogen and oxygen atoms in total. The van der Waals surface area contributed by atoms with Gasteiger partial charge in [-0.1, -0.05) is 13.8 Å². The molecule has 0 bridgehead atoms. The fourth-order valence-electron chi connectivity index (χ4n) is 3.22. The van der Waals surface area contributed by atoms with Crippen LogP contribution in [-0.2, 0) is 0 Å². The molecule has 1 atom stereocenters. The maximum Gasteiger partial charge on any atom is 0.0866 e. The minimum atomic E-state index is 0.617. The Bertz CT molecular complexity index is 246. The van der Waals surface area contributed by atoms with Crippen LogP contribution in [0.15, 0.2) is 0 Å². The third kappa shape index (κ3) is 1.66. The van der Waals surface area contributed by atoms with Gasteiger partial charge in [0.2, 0.25) is 0 Å². The van der Waals surface area contributed by atoms with E-state index in [-0.39, 0.29) is 0 Å². The zero-order valence-corrected chi connectivity index (χ0v) is 9.29. The highest BCUT2D eigenvalue weighted by molar-refractivity contribution is 5.02. The third-order valence-corrected chi connectivity index (χ3v) is 4.10. The molecule has 1 aliphatic heterocycles. The molecule has 1 unspecified atom stereocenters. The van der Waals surface area contributed by atoms with E-state index in [1.54, 1.807) is 0 Å². The molecule has 14 heavy (non-hydrogen) atoms. The topological polar surface area (TPSA) is 27.0 Å². The normalized spacial score (nSPS) is 30.6. The van der Waals surface area contributed by atoms with Gasteiger partial charge >= 0.3 is 0 Å². The minimum absolute atomic E-state index is 0.617. The van der Waals surface area contributed by atoms with Crippen molar-refractivity contribution >= 4 is 0 Å². The second-order valence-electron chi connectivity index (χ2n) is 5.55. The molecule has 0 aromatic heterocycles. The molecule has 0 amide bonds. The van der Waals surface area contributed by atoms with Crippen molar-refractivity contribution in [3.05, 3.63) is 0 Å². The van der Waals surface area contributed by atoms with Crippen molar-refractivity contribution < 1.29 is 0 Å². The summed E-state index contributed by atoms with van der Waals surface area (Å²) in [6.45, 7) is 7.69. The smallest absolute Gasteiger partial charge is 0.0866 e. The van der Waals surface area contributed by atoms with Crippen LogP contribution in [-0.4, -0.2) is 24.5 Å². The van der Waals surface area contributed by atoms with E-state index in [1.165, 1.54) is 32.4 Å². The van der Waals surface area contributed by atoms with Crippen LogP contribution in [0.1, 0.15) is 33.1 Å². The van der Waals surface area contributed by atoms with Gasteiger partial charge in [-0.05, 0) is 36.5 Å². The SMILES string of the molecule is CC(C)C1CCC2(C1)CN(CC#N)C2. The first kappa shape index (κ1) is 9.98. The minimum Gasteiger partial charge on any atom is -0.289 e. The second-order valence-corrected chi connectivity index (χ2v) is 5.55. The number of likely N-dealkylation sites (tertiary alicyclic amines) is 1. The summed E-state index contributed by atoms with van der Waals surface area (Å²) in [5.41, 5.74) is 0.617. The zero-order valence-electron chi connectivity index (χ0n) is 9.29. The highest BCUT2D eigenvalue weighted by Gasteiger charge is 2.47. The standard InChI is InChI=1S/C12H20N2/c1-10(2)11-3-4-12(7-11)8-14(9-12)6-5-13/h10-11H,3-4,6-9H2,1-2H3. The summed E-state index contributed by atoms with van der Waals surface area (Å²) >= 11 is 0. The second kappa shape index (κ2) is 3.55. The Hall–Kier alpha value is -0.550. The van der Waals surface area contributed by atoms with Gasteiger partial charge < -0.3 is 0 Å². The van der Waals surface area contributed by atoms with Gasteiger partial charge in [-0.15, -0.1) is 0 Å². The molecule has 2 aliphatic rings. The fourth-order valence-corrected chi connectivity index (χ4v) is 3.22. The van der Waals surface area contributed by atoms with Gasteiger partial charge in [-0.2, -0.15) is 5.26 Å². The summed E-state index contributed by atoms with van der Waals surface area (Å²) in [6, 6.07) is 2.24. The first-order valence-electron chi connectivity index (χ1n) is 5.74. The molecule has 0 N–H and O–H groups in total. The van der Waals surface area contributed by atoms with E-state index >= 15 is 0 Å². The lowest BCUT2D eigenvalue weighted by atomic mass is 9.76. The number of hydrogen-bond donors (Lipinski definition) is 0. The van der Waals surface area contributed by atoms with E-state index in [0.29, 0.717) is 12.0 Å². The van der Waals surface area contributed by atoms with Crippen molar-refractivity contribution in [3.63, 3.8) is 0 Å². The van der Waals surface area contributed by atoms with E-state index in [9.17, 15) is 0 Å². The molecule has 1 saturated heterocycles. The molecule has 1 spiro atoms. The Labute approximate surface area is 86.9 Å². The van der Waals surface area contributed by atoms with Crippen molar-refractivity contribution in [1.82, 2.24) is 4.90 Å². The molecular weight excluding hydrogens is 172 g/mol. The van der Waals surface area contributed by atoms with E-state index in [1.807, 2.05) is 0 Å². The van der Waals surface area contributed by atoms with Gasteiger partial charge in [0.05, 0.1) is 12.6 Å². The summed E-state index contributed by atoms with van der Waals surface area (Å²) in [6.07, 6.45) is 4.22. The maximum absolute atomic E-state index is 8.58. The van der Waals surface area contributed by atoms with Crippen LogP contribution in [0.3, 0.4) is 0 Å². The van der Waals surface area contributed by atoms with Crippen molar-refractivity contribution in [3.8, 4) is 6.07 Å². The predicted octanol–water partition coefficient (Wildman–Crippen LogP) is 2.27. The van der Waals surface area contributed by atoms with Crippen LogP contribution in [0.5, 0.6) is 0 Å². The van der Waals surface area contributed by atoms with Crippen molar-refractivity contribution in [2.75, 3.05) is 19.6 Å². The molecule has 1 heterocycles. The van der Waals surface area contributed by atoms with E-state index in [0.717, 1.165) is 11.8 Å². The largest absolute Gasteiger partial charge is 0.289 e. The summed E-state index contributed by atoms with van der Waals surface area (Å²) in [4.78, 5) is 2.28. The number of hydrogen-bond acceptors (Lipinski definition) is 2. The summed E-state index contributed by atoms with van der Waals surface area (Å²) in [7, 11) is 0. The van der Waals surface area contributed by atoms with Crippen molar-refractivity contribution in [2.45, 2.75) is 33.1 Å². The fraction of sp³-hybridized carbons (Fsp3) is 0.917. The Balaban J connectivity index is 1.83. The monoisotopic (exact) mass is 192 g/mol. The molecule has 0 radical (unpaired) electrons. The van der Waals surface area contributed by atoms with Crippen molar-refractivity contribution in [1.29, 1.82) is 5.26 Å². The maximum atomic E-state index is 8.58. The first-order valence-corrected chi connectivity index (χ1v) is 5.74. The molecular formula is C12H20N2. The Kier molecular flexibility index (Phi) is 2.53. The van der Waals surface area contributed by atoms with Gasteiger partial charge in [-0.3, -0.25) is 4.90 Å². The zero-order chi connectivity index (χ0) is 10.2. The Morgan fingerprint density at radius 2 is 2.21 bits per heavy atom. The number of rotatable bonds is 2. The van der Waals surface area contributed by atoms with Crippen LogP contribution < -0.4 is 0 Å². The highest BCUT2D eigenvalue weighted by atomic mass is 15.2. The summed E-state index contributed by atoms with van der Waals surface area (Å²) < 4.78 is 0. The number of nitriles is 1. The van der Waals surface area contributed by atoms with E-state index in [4.69, 9.17) is 5.26 Å². The van der Waals surface area contributed by atoms with Gasteiger partial charge in [-0.25, -0.2) is 0 Å². The molecule has 2 rings (SSSR count). The molecule has 0 aromatic carbocycles. The van der Waals surface area contributed by atoms with E-state index in [2.05, 4.69) is 24.8 Å². The van der Waals surface area contributed by atoms with Crippen LogP contribution >= 0.6 is 0 Å². The molecule has 78 valence electrons. The van der Waals surface area contributed by atoms with Crippen LogP contribution in [0.4, 0.5) is 0 Å². The quantitative estimate of drug-likeness (QED) is 0.627. The Morgan fingerprint density at radius 1 is 1.50 bits per heavy atom. The van der Waals surface area contributed by atoms with Crippen molar-refractivity contribution in [2.24, 2.45) is 17.3 Å². The Morgan fingerprint density at radius 3 is 2.71 bits per heavy atom. The van der Waals surface area contributed by atoms with Gasteiger partial charge in [0.25, 0.3) is 0 Å². The van der Waals surface area contributed by atoms with Gasteiger partial charge in [0.15, 0.2) is 0 Å². The predicted molar refractivity (Wildman–Crippen MR) is 56.7 cm³/mol. The molecule has 1 aliphatic carbocycles. The lowest BCUT2D eigenvalue weighted by molar-refractivity contribution is 0.0121. The molecule has 1 saturated carbocycles. The van der Waals surface area contributed by atoms with Gasteiger partial charge in [0, 0.05) is 13.1 Å². The molecule has 2 fully saturated rings. The van der Waals surface area contributed by atoms with Gasteiger partial charge in [0.1, 0.15) is 0 Å². The lowest BCUT2D eigenvalue weighted by Gasteiger charge is -2.47. The summed E-state index contributed by atoms with van der Waals surface area (Å²) in [5.74, 6) is 1.79. The van der Waals surface area contributed by atoms with E-state index < -0.39 is 0 Å². The highest BCUT2D eigenvalue weighted by Crippen LogP contribution is 2.49. The first-order chi connectivity index (χ1) is 6.65.